The van der Waals surface area contributed by atoms with Crippen LogP contribution in [0.3, 0.4) is 0 Å². The molecule has 1 aliphatic heterocycles. The summed E-state index contributed by atoms with van der Waals surface area (Å²) in [6.07, 6.45) is 1.45. The molecule has 1 aromatic carbocycles. The number of nitrogens with zero attached hydrogens (tertiary/aromatic N) is 4. The van der Waals surface area contributed by atoms with Crippen molar-refractivity contribution in [1.29, 1.82) is 0 Å². The Bertz CT molecular complexity index is 823. The molecule has 0 radical (unpaired) electrons. The van der Waals surface area contributed by atoms with Gasteiger partial charge in [-0.1, -0.05) is 23.4 Å². The van der Waals surface area contributed by atoms with Gasteiger partial charge in [0.15, 0.2) is 11.5 Å². The Morgan fingerprint density at radius 3 is 2.90 bits per heavy atom. The molecule has 0 bridgehead atoms. The lowest BCUT2D eigenvalue weighted by atomic mass is 10.3. The maximum Gasteiger partial charge on any atom is 0.254 e. The number of hydrogen-bond acceptors (Lipinski definition) is 6. The molecule has 0 fully saturated rings. The molecular formula is C13H9ClN4O2S. The van der Waals surface area contributed by atoms with Crippen LogP contribution in [0.25, 0.3) is 5.78 Å². The van der Waals surface area contributed by atoms with Gasteiger partial charge >= 0.3 is 0 Å². The van der Waals surface area contributed by atoms with Crippen LogP contribution in [-0.4, -0.2) is 32.8 Å². The minimum atomic E-state index is 0.385. The molecule has 3 aromatic rings. The zero-order chi connectivity index (χ0) is 14.2. The molecule has 21 heavy (non-hydrogen) atoms. The summed E-state index contributed by atoms with van der Waals surface area (Å²) >= 11 is 7.52. The fourth-order valence-corrected chi connectivity index (χ4v) is 3.21. The maximum absolute atomic E-state index is 6.01. The van der Waals surface area contributed by atoms with E-state index in [2.05, 4.69) is 15.1 Å². The van der Waals surface area contributed by atoms with Crippen molar-refractivity contribution in [2.24, 2.45) is 0 Å². The van der Waals surface area contributed by atoms with Crippen molar-refractivity contribution >= 4 is 29.1 Å². The van der Waals surface area contributed by atoms with Crippen LogP contribution in [0.2, 0.25) is 5.15 Å². The van der Waals surface area contributed by atoms with Crippen molar-refractivity contribution in [3.8, 4) is 11.5 Å². The third kappa shape index (κ3) is 2.38. The smallest absolute Gasteiger partial charge is 0.254 e. The van der Waals surface area contributed by atoms with Crippen molar-refractivity contribution in [3.05, 3.63) is 35.7 Å². The van der Waals surface area contributed by atoms with E-state index in [4.69, 9.17) is 21.1 Å². The van der Waals surface area contributed by atoms with Crippen molar-refractivity contribution in [2.45, 2.75) is 9.92 Å². The summed E-state index contributed by atoms with van der Waals surface area (Å²) in [4.78, 5) is 9.15. The van der Waals surface area contributed by atoms with Gasteiger partial charge < -0.3 is 9.47 Å². The first-order chi connectivity index (χ1) is 10.3. The minimum absolute atomic E-state index is 0.385. The maximum atomic E-state index is 6.01. The largest absolute Gasteiger partial charge is 0.486 e. The van der Waals surface area contributed by atoms with Crippen LogP contribution in [0.4, 0.5) is 0 Å². The van der Waals surface area contributed by atoms with Gasteiger partial charge in [-0.2, -0.15) is 19.6 Å². The third-order valence-corrected chi connectivity index (χ3v) is 4.11. The first-order valence-electron chi connectivity index (χ1n) is 6.23. The van der Waals surface area contributed by atoms with E-state index in [1.807, 2.05) is 18.2 Å². The highest BCUT2D eigenvalue weighted by atomic mass is 35.5. The highest BCUT2D eigenvalue weighted by Crippen LogP contribution is 2.37. The second kappa shape index (κ2) is 5.09. The molecule has 0 unspecified atom stereocenters. The molecule has 0 amide bonds. The van der Waals surface area contributed by atoms with E-state index in [-0.39, 0.29) is 0 Å². The molecule has 0 N–H and O–H groups in total. The molecule has 8 heteroatoms. The summed E-state index contributed by atoms with van der Waals surface area (Å²) in [5, 5.41) is 5.37. The van der Waals surface area contributed by atoms with Crippen molar-refractivity contribution in [2.75, 3.05) is 13.2 Å². The van der Waals surface area contributed by atoms with Gasteiger partial charge in [0.2, 0.25) is 0 Å². The quantitative estimate of drug-likeness (QED) is 0.677. The van der Waals surface area contributed by atoms with Gasteiger partial charge in [-0.05, 0) is 18.2 Å². The Hall–Kier alpha value is -1.99. The van der Waals surface area contributed by atoms with Crippen LogP contribution in [-0.2, 0) is 0 Å². The van der Waals surface area contributed by atoms with E-state index < -0.39 is 0 Å². The zero-order valence-corrected chi connectivity index (χ0v) is 12.3. The fraction of sp³-hybridized carbons (Fsp3) is 0.154. The molecule has 0 aliphatic carbocycles. The van der Waals surface area contributed by atoms with Crippen molar-refractivity contribution in [3.63, 3.8) is 0 Å². The summed E-state index contributed by atoms with van der Waals surface area (Å²) in [6, 6.07) is 7.56. The van der Waals surface area contributed by atoms with E-state index in [1.54, 1.807) is 10.6 Å². The van der Waals surface area contributed by atoms with Gasteiger partial charge in [0, 0.05) is 11.0 Å². The topological polar surface area (TPSA) is 61.5 Å². The van der Waals surface area contributed by atoms with Crippen LogP contribution in [0.1, 0.15) is 0 Å². The van der Waals surface area contributed by atoms with E-state index in [1.165, 1.54) is 18.1 Å². The van der Waals surface area contributed by atoms with E-state index in [9.17, 15) is 0 Å². The number of hydrogen-bond donors (Lipinski definition) is 0. The first kappa shape index (κ1) is 12.7. The third-order valence-electron chi connectivity index (χ3n) is 2.92. The molecule has 106 valence electrons. The van der Waals surface area contributed by atoms with Gasteiger partial charge in [0.1, 0.15) is 29.7 Å². The van der Waals surface area contributed by atoms with E-state index in [0.717, 1.165) is 21.4 Å². The van der Waals surface area contributed by atoms with Crippen molar-refractivity contribution < 1.29 is 9.47 Å². The van der Waals surface area contributed by atoms with Gasteiger partial charge in [-0.15, -0.1) is 0 Å². The van der Waals surface area contributed by atoms with Crippen molar-refractivity contribution in [1.82, 2.24) is 19.6 Å². The first-order valence-corrected chi connectivity index (χ1v) is 7.43. The van der Waals surface area contributed by atoms with Crippen LogP contribution < -0.4 is 9.47 Å². The average molecular weight is 321 g/mol. The molecular weight excluding hydrogens is 312 g/mol. The Labute approximate surface area is 129 Å². The van der Waals surface area contributed by atoms with Crippen LogP contribution >= 0.6 is 23.4 Å². The second-order valence-corrected chi connectivity index (χ2v) is 5.78. The Morgan fingerprint density at radius 1 is 1.14 bits per heavy atom. The number of rotatable bonds is 2. The highest BCUT2D eigenvalue weighted by molar-refractivity contribution is 7.99. The molecule has 6 nitrogen and oxygen atoms in total. The summed E-state index contributed by atoms with van der Waals surface area (Å²) < 4.78 is 12.7. The number of fused-ring (bicyclic) bond motifs is 2. The van der Waals surface area contributed by atoms with E-state index in [0.29, 0.717) is 24.1 Å². The zero-order valence-electron chi connectivity index (χ0n) is 10.7. The van der Waals surface area contributed by atoms with E-state index >= 15 is 0 Å². The fourth-order valence-electron chi connectivity index (χ4n) is 2.04. The van der Waals surface area contributed by atoms with Gasteiger partial charge in [-0.25, -0.2) is 0 Å². The molecule has 1 aliphatic rings. The molecule has 3 heterocycles. The lowest BCUT2D eigenvalue weighted by Gasteiger charge is -2.18. The van der Waals surface area contributed by atoms with Crippen LogP contribution in [0.5, 0.6) is 11.5 Å². The lowest BCUT2D eigenvalue weighted by molar-refractivity contribution is 0.171. The molecule has 0 atom stereocenters. The Balaban J connectivity index is 1.72. The average Bonchev–Trinajstić information content (AvgIpc) is 2.95. The standard InChI is InChI=1S/C13H9ClN4O2S/c14-11-6-12(18-13(17-11)15-7-16-18)21-8-1-2-9-10(5-8)20-4-3-19-9/h1-2,5-7H,3-4H2. The lowest BCUT2D eigenvalue weighted by Crippen LogP contribution is -2.15. The normalized spacial score (nSPS) is 13.6. The Kier molecular flexibility index (Phi) is 3.08. The minimum Gasteiger partial charge on any atom is -0.486 e. The summed E-state index contributed by atoms with van der Waals surface area (Å²) in [5.74, 6) is 1.99. The summed E-state index contributed by atoms with van der Waals surface area (Å²) in [7, 11) is 0. The van der Waals surface area contributed by atoms with Crippen LogP contribution in [0, 0.1) is 0 Å². The molecule has 2 aromatic heterocycles. The molecule has 0 saturated carbocycles. The molecule has 4 rings (SSSR count). The number of benzene rings is 1. The van der Waals surface area contributed by atoms with Gasteiger partial charge in [0.25, 0.3) is 5.78 Å². The summed E-state index contributed by atoms with van der Waals surface area (Å²) in [5.41, 5.74) is 0. The van der Waals surface area contributed by atoms with Gasteiger partial charge in [0.05, 0.1) is 0 Å². The SMILES string of the molecule is Clc1cc(Sc2ccc3c(c2)OCCO3)n2ncnc2n1. The predicted molar refractivity (Wildman–Crippen MR) is 77.3 cm³/mol. The number of halogens is 1. The van der Waals surface area contributed by atoms with Crippen LogP contribution in [0.15, 0.2) is 40.5 Å². The highest BCUT2D eigenvalue weighted by Gasteiger charge is 2.14. The Morgan fingerprint density at radius 2 is 2.00 bits per heavy atom. The summed E-state index contributed by atoms with van der Waals surface area (Å²) in [6.45, 7) is 1.15. The number of aromatic nitrogens is 4. The number of ether oxygens (including phenoxy) is 2. The predicted octanol–water partition coefficient (Wildman–Crippen LogP) is 2.70. The molecule has 0 spiro atoms. The second-order valence-electron chi connectivity index (χ2n) is 4.30. The monoisotopic (exact) mass is 320 g/mol. The molecule has 0 saturated heterocycles. The van der Waals surface area contributed by atoms with Gasteiger partial charge in [-0.3, -0.25) is 0 Å².